The number of benzene rings is 2. The molecule has 1 N–H and O–H groups in total. The number of nitrogens with zero attached hydrogens (tertiary/aromatic N) is 2. The van der Waals surface area contributed by atoms with Crippen molar-refractivity contribution in [3.63, 3.8) is 0 Å². The minimum atomic E-state index is 0.689. The summed E-state index contributed by atoms with van der Waals surface area (Å²) >= 11 is 5.81. The van der Waals surface area contributed by atoms with Crippen LogP contribution in [0.5, 0.6) is 0 Å². The van der Waals surface area contributed by atoms with Gasteiger partial charge in [0.25, 0.3) is 0 Å². The van der Waals surface area contributed by atoms with Crippen LogP contribution in [0.1, 0.15) is 55.1 Å². The van der Waals surface area contributed by atoms with Gasteiger partial charge in [-0.25, -0.2) is 9.78 Å². The lowest BCUT2D eigenvalue weighted by Gasteiger charge is -2.09. The maximum Gasteiger partial charge on any atom is 0.211 e. The van der Waals surface area contributed by atoms with Crippen molar-refractivity contribution in [2.24, 2.45) is 7.05 Å². The molecular formula is C29H38ClN3O2. The Balaban J connectivity index is 0.000000684. The maximum absolute atomic E-state index is 10.7. The van der Waals surface area contributed by atoms with Crippen molar-refractivity contribution in [3.05, 3.63) is 88.2 Å². The van der Waals surface area contributed by atoms with Crippen LogP contribution in [-0.4, -0.2) is 21.9 Å². The molecule has 2 aromatic carbocycles. The highest BCUT2D eigenvalue weighted by molar-refractivity contribution is 6.31. The molecule has 0 aliphatic heterocycles. The minimum Gasteiger partial charge on any atom is -0.333 e. The lowest BCUT2D eigenvalue weighted by atomic mass is 10.0. The molecule has 6 heteroatoms. The van der Waals surface area contributed by atoms with E-state index in [4.69, 9.17) is 21.4 Å². The summed E-state index contributed by atoms with van der Waals surface area (Å²) in [5.74, 6) is 2.16. The van der Waals surface area contributed by atoms with Gasteiger partial charge in [-0.15, -0.1) is 0 Å². The van der Waals surface area contributed by atoms with Crippen LogP contribution in [0.4, 0.5) is 0 Å². The average Bonchev–Trinajstić information content (AvgIpc) is 3.20. The highest BCUT2D eigenvalue weighted by Gasteiger charge is 2.14. The molecule has 0 aliphatic rings. The van der Waals surface area contributed by atoms with Gasteiger partial charge in [-0.05, 0) is 69.0 Å². The van der Waals surface area contributed by atoms with Gasteiger partial charge in [-0.2, -0.15) is 0 Å². The third-order valence-electron chi connectivity index (χ3n) is 5.02. The van der Waals surface area contributed by atoms with Gasteiger partial charge in [0.05, 0.1) is 5.70 Å². The van der Waals surface area contributed by atoms with Crippen molar-refractivity contribution in [2.75, 3.05) is 0 Å². The summed E-state index contributed by atoms with van der Waals surface area (Å²) < 4.78 is 2.00. The van der Waals surface area contributed by atoms with Crippen LogP contribution >= 0.6 is 11.6 Å². The number of nitrogens with one attached hydrogen (secondary N) is 1. The fraction of sp³-hybridized carbons (Fsp3) is 0.310. The van der Waals surface area contributed by atoms with Crippen molar-refractivity contribution in [1.82, 2.24) is 14.9 Å². The van der Waals surface area contributed by atoms with Gasteiger partial charge in [0.15, 0.2) is 0 Å². The monoisotopic (exact) mass is 495 g/mol. The molecule has 0 atom stereocenters. The Morgan fingerprint density at radius 3 is 2.06 bits per heavy atom. The second-order valence-corrected chi connectivity index (χ2v) is 7.85. The number of hydrogen-bond donors (Lipinski definition) is 1. The molecule has 0 fully saturated rings. The van der Waals surface area contributed by atoms with E-state index in [1.165, 1.54) is 28.2 Å². The molecule has 5 nitrogen and oxygen atoms in total. The molecule has 0 unspecified atom stereocenters. The molecule has 0 bridgehead atoms. The third-order valence-corrected chi connectivity index (χ3v) is 5.43. The Morgan fingerprint density at radius 1 is 1.09 bits per heavy atom. The molecule has 188 valence electrons. The van der Waals surface area contributed by atoms with E-state index in [1.54, 1.807) is 0 Å². The molecule has 35 heavy (non-hydrogen) atoms. The normalized spacial score (nSPS) is 9.80. The van der Waals surface area contributed by atoms with Crippen molar-refractivity contribution in [3.8, 4) is 11.4 Å². The Bertz CT molecular complexity index is 1100. The number of carbonyl (C=O) groups is 1. The van der Waals surface area contributed by atoms with Gasteiger partial charge in [-0.1, -0.05) is 68.8 Å². The van der Waals surface area contributed by atoms with Crippen LogP contribution < -0.4 is 5.32 Å². The number of aryl methyl sites for hydroxylation is 4. The van der Waals surface area contributed by atoms with E-state index in [2.05, 4.69) is 50.9 Å². The maximum atomic E-state index is 10.7. The zero-order chi connectivity index (χ0) is 27.0. The largest absolute Gasteiger partial charge is 0.333 e. The first kappa shape index (κ1) is 31.6. The van der Waals surface area contributed by atoms with E-state index in [-0.39, 0.29) is 0 Å². The number of amides is 1. The molecule has 0 saturated carbocycles. The fourth-order valence-electron chi connectivity index (χ4n) is 3.22. The summed E-state index contributed by atoms with van der Waals surface area (Å²) in [6, 6.07) is 12.1. The summed E-state index contributed by atoms with van der Waals surface area (Å²) in [6.45, 7) is 17.0. The summed E-state index contributed by atoms with van der Waals surface area (Å²) in [4.78, 5) is 24.0. The number of hydrogen-bond acceptors (Lipinski definition) is 3. The van der Waals surface area contributed by atoms with E-state index in [1.807, 2.05) is 69.8 Å². The van der Waals surface area contributed by atoms with Gasteiger partial charge in [0.2, 0.25) is 6.41 Å². The predicted molar refractivity (Wildman–Crippen MR) is 149 cm³/mol. The van der Waals surface area contributed by atoms with Crippen LogP contribution in [0.25, 0.3) is 17.1 Å². The Kier molecular flexibility index (Phi) is 15.4. The zero-order valence-electron chi connectivity index (χ0n) is 22.2. The summed E-state index contributed by atoms with van der Waals surface area (Å²) in [5, 5.41) is 3.58. The molecule has 3 aromatic rings. The number of halogens is 1. The third kappa shape index (κ3) is 9.78. The minimum absolute atomic E-state index is 0.689. The second kappa shape index (κ2) is 17.1. The SMILES string of the molecule is C=C=O.CC.CC/C=C(\NC=O)c1cn(C)c(-c2c(C)cccc2C)n1.Cc1cccc(Cl)c1C. The lowest BCUT2D eigenvalue weighted by Crippen LogP contribution is -2.09. The van der Waals surface area contributed by atoms with Crippen molar-refractivity contribution in [1.29, 1.82) is 0 Å². The van der Waals surface area contributed by atoms with Crippen LogP contribution in [0.15, 0.2) is 55.3 Å². The molecule has 0 aliphatic carbocycles. The van der Waals surface area contributed by atoms with Crippen LogP contribution in [-0.2, 0) is 16.6 Å². The van der Waals surface area contributed by atoms with Gasteiger partial charge >= 0.3 is 0 Å². The van der Waals surface area contributed by atoms with Crippen LogP contribution in [0.3, 0.4) is 0 Å². The van der Waals surface area contributed by atoms with Gasteiger partial charge in [0.1, 0.15) is 17.5 Å². The summed E-state index contributed by atoms with van der Waals surface area (Å²) in [6.07, 6.45) is 5.44. The molecule has 0 saturated heterocycles. The van der Waals surface area contributed by atoms with Crippen molar-refractivity contribution < 1.29 is 9.59 Å². The van der Waals surface area contributed by atoms with Gasteiger partial charge in [0, 0.05) is 23.8 Å². The highest BCUT2D eigenvalue weighted by Crippen LogP contribution is 2.27. The molecule has 3 rings (SSSR count). The Hall–Kier alpha value is -3.40. The fourth-order valence-corrected chi connectivity index (χ4v) is 3.44. The first-order valence-electron chi connectivity index (χ1n) is 11.6. The van der Waals surface area contributed by atoms with E-state index in [0.29, 0.717) is 6.41 Å². The predicted octanol–water partition coefficient (Wildman–Crippen LogP) is 7.19. The summed E-state index contributed by atoms with van der Waals surface area (Å²) in [7, 11) is 1.97. The van der Waals surface area contributed by atoms with E-state index in [9.17, 15) is 4.79 Å². The molecule has 0 radical (unpaired) electrons. The van der Waals surface area contributed by atoms with Crippen LogP contribution in [0, 0.1) is 27.7 Å². The van der Waals surface area contributed by atoms with Gasteiger partial charge in [-0.3, -0.25) is 4.79 Å². The average molecular weight is 496 g/mol. The standard InChI is InChI=1S/C17H21N3O.C8H9Cl.C2H2O.C2H6/c1-5-7-14(18-11-21)15-10-20(4)17(19-15)16-12(2)8-6-9-13(16)3;1-6-4-3-5-8(9)7(6)2;1-2-3;1-2/h6-11H,5H2,1-4H3,(H,18,21);3-5H,1-2H3;1H2;1-2H3/b14-7-;;;. The first-order valence-corrected chi connectivity index (χ1v) is 12.0. The smallest absolute Gasteiger partial charge is 0.211 e. The number of rotatable bonds is 5. The molecule has 0 spiro atoms. The molecule has 1 amide bonds. The highest BCUT2D eigenvalue weighted by atomic mass is 35.5. The topological polar surface area (TPSA) is 64.0 Å². The molecular weight excluding hydrogens is 458 g/mol. The van der Waals surface area contributed by atoms with Crippen LogP contribution in [0.2, 0.25) is 5.02 Å². The zero-order valence-corrected chi connectivity index (χ0v) is 23.0. The van der Waals surface area contributed by atoms with Crippen molar-refractivity contribution >= 4 is 29.6 Å². The number of aromatic nitrogens is 2. The van der Waals surface area contributed by atoms with E-state index >= 15 is 0 Å². The van der Waals surface area contributed by atoms with E-state index in [0.717, 1.165) is 34.2 Å². The Morgan fingerprint density at radius 2 is 1.60 bits per heavy atom. The number of imidazole rings is 1. The van der Waals surface area contributed by atoms with Crippen molar-refractivity contribution in [2.45, 2.75) is 54.9 Å². The second-order valence-electron chi connectivity index (χ2n) is 7.44. The van der Waals surface area contributed by atoms with Gasteiger partial charge < -0.3 is 9.88 Å². The Labute approximate surface area is 215 Å². The quantitative estimate of drug-likeness (QED) is 0.301. The molecule has 1 heterocycles. The lowest BCUT2D eigenvalue weighted by molar-refractivity contribution is -0.108. The molecule has 1 aromatic heterocycles. The van der Waals surface area contributed by atoms with E-state index < -0.39 is 0 Å². The first-order chi connectivity index (χ1) is 16.7. The summed E-state index contributed by atoms with van der Waals surface area (Å²) in [5.41, 5.74) is 7.50. The number of allylic oxidation sites excluding steroid dienone is 1. The number of carbonyl (C=O) groups excluding carboxylic acids is 2.